The molecule has 0 amide bonds. The highest BCUT2D eigenvalue weighted by Gasteiger charge is 2.12. The molecule has 0 radical (unpaired) electrons. The molecule has 3 nitrogen and oxygen atoms in total. The fourth-order valence-electron chi connectivity index (χ4n) is 1.01. The molecule has 2 rings (SSSR count). The van der Waals surface area contributed by atoms with E-state index in [1.54, 1.807) is 17.5 Å². The molecule has 0 bridgehead atoms. The number of carbonyl (C=O) groups is 1. The second-order valence-electron chi connectivity index (χ2n) is 2.63. The van der Waals surface area contributed by atoms with Crippen LogP contribution in [-0.2, 0) is 4.74 Å². The lowest BCUT2D eigenvalue weighted by Crippen LogP contribution is -1.96. The third-order valence-corrected chi connectivity index (χ3v) is 4.45. The van der Waals surface area contributed by atoms with Crippen molar-refractivity contribution in [2.75, 3.05) is 7.11 Å². The zero-order valence-electron chi connectivity index (χ0n) is 7.69. The van der Waals surface area contributed by atoms with Gasteiger partial charge in [0.1, 0.15) is 9.88 Å². The fourth-order valence-corrected chi connectivity index (χ4v) is 3.29. The van der Waals surface area contributed by atoms with Gasteiger partial charge in [-0.05, 0) is 28.1 Å². The number of thiophene rings is 1. The van der Waals surface area contributed by atoms with Gasteiger partial charge in [0.2, 0.25) is 0 Å². The zero-order valence-corrected chi connectivity index (χ0v) is 10.9. The van der Waals surface area contributed by atoms with Gasteiger partial charge in [0.05, 0.1) is 22.0 Å². The normalized spacial score (nSPS) is 10.3. The molecule has 2 heterocycles. The van der Waals surface area contributed by atoms with E-state index in [4.69, 9.17) is 0 Å². The number of esters is 1. The Bertz CT molecular complexity index is 492. The van der Waals surface area contributed by atoms with Crippen LogP contribution in [0.2, 0.25) is 0 Å². The van der Waals surface area contributed by atoms with Crippen LogP contribution in [0.1, 0.15) is 9.67 Å². The van der Waals surface area contributed by atoms with E-state index in [-0.39, 0.29) is 5.97 Å². The van der Waals surface area contributed by atoms with Crippen LogP contribution >= 0.6 is 38.6 Å². The second-order valence-corrected chi connectivity index (χ2v) is 6.12. The summed E-state index contributed by atoms with van der Waals surface area (Å²) >= 11 is 6.30. The van der Waals surface area contributed by atoms with Crippen LogP contribution in [0.4, 0.5) is 0 Å². The number of thiazole rings is 1. The standard InChI is InChI=1S/C9H6BrNO2S2/c1-13-9(12)6-4-11-8(15-6)5-2-3-7(10)14-5/h2-4H,1H3. The lowest BCUT2D eigenvalue weighted by molar-refractivity contribution is 0.0606. The summed E-state index contributed by atoms with van der Waals surface area (Å²) in [6.07, 6.45) is 1.54. The average molecular weight is 304 g/mol. The zero-order chi connectivity index (χ0) is 10.8. The number of rotatable bonds is 2. The van der Waals surface area contributed by atoms with Crippen molar-refractivity contribution in [3.8, 4) is 9.88 Å². The van der Waals surface area contributed by atoms with E-state index in [1.807, 2.05) is 12.1 Å². The Hall–Kier alpha value is -0.720. The predicted octanol–water partition coefficient (Wildman–Crippen LogP) is 3.42. The van der Waals surface area contributed by atoms with Gasteiger partial charge < -0.3 is 4.74 Å². The maximum atomic E-state index is 11.2. The highest BCUT2D eigenvalue weighted by Crippen LogP contribution is 2.33. The summed E-state index contributed by atoms with van der Waals surface area (Å²) in [4.78, 5) is 17.0. The second kappa shape index (κ2) is 4.42. The Morgan fingerprint density at radius 3 is 2.87 bits per heavy atom. The highest BCUT2D eigenvalue weighted by molar-refractivity contribution is 9.11. The summed E-state index contributed by atoms with van der Waals surface area (Å²) < 4.78 is 5.66. The fraction of sp³-hybridized carbons (Fsp3) is 0.111. The van der Waals surface area contributed by atoms with Crippen LogP contribution in [0.5, 0.6) is 0 Å². The first-order valence-electron chi connectivity index (χ1n) is 4.00. The minimum Gasteiger partial charge on any atom is -0.465 e. The Balaban J connectivity index is 2.31. The van der Waals surface area contributed by atoms with Gasteiger partial charge in [-0.25, -0.2) is 9.78 Å². The van der Waals surface area contributed by atoms with Gasteiger partial charge in [0, 0.05) is 0 Å². The van der Waals surface area contributed by atoms with E-state index in [0.717, 1.165) is 13.7 Å². The van der Waals surface area contributed by atoms with Gasteiger partial charge in [-0.1, -0.05) is 0 Å². The SMILES string of the molecule is COC(=O)c1cnc(-c2ccc(Br)s2)s1. The van der Waals surface area contributed by atoms with Crippen LogP contribution in [0.15, 0.2) is 22.1 Å². The van der Waals surface area contributed by atoms with Crippen molar-refractivity contribution < 1.29 is 9.53 Å². The first-order valence-corrected chi connectivity index (χ1v) is 6.43. The lowest BCUT2D eigenvalue weighted by atomic mass is 10.5. The summed E-state index contributed by atoms with van der Waals surface area (Å²) in [6.45, 7) is 0. The molecule has 15 heavy (non-hydrogen) atoms. The smallest absolute Gasteiger partial charge is 0.349 e. The molecule has 0 N–H and O–H groups in total. The molecular formula is C9H6BrNO2S2. The molecule has 0 fully saturated rings. The monoisotopic (exact) mass is 303 g/mol. The number of aromatic nitrogens is 1. The van der Waals surface area contributed by atoms with Gasteiger partial charge in [0.25, 0.3) is 0 Å². The van der Waals surface area contributed by atoms with Gasteiger partial charge >= 0.3 is 5.97 Å². The summed E-state index contributed by atoms with van der Waals surface area (Å²) in [5, 5.41) is 0.839. The molecule has 0 aliphatic carbocycles. The first kappa shape index (κ1) is 10.8. The third kappa shape index (κ3) is 2.27. The number of nitrogens with zero attached hydrogens (tertiary/aromatic N) is 1. The summed E-state index contributed by atoms with van der Waals surface area (Å²) in [5.41, 5.74) is 0. The van der Waals surface area contributed by atoms with Crippen LogP contribution in [0.3, 0.4) is 0 Å². The van der Waals surface area contributed by atoms with Crippen molar-refractivity contribution in [2.45, 2.75) is 0 Å². The van der Waals surface area contributed by atoms with Gasteiger partial charge in [-0.15, -0.1) is 22.7 Å². The molecule has 0 aliphatic rings. The van der Waals surface area contributed by atoms with E-state index >= 15 is 0 Å². The molecule has 78 valence electrons. The molecule has 6 heteroatoms. The molecule has 2 aromatic heterocycles. The van der Waals surface area contributed by atoms with E-state index in [2.05, 4.69) is 25.7 Å². The van der Waals surface area contributed by atoms with Crippen molar-refractivity contribution >= 4 is 44.6 Å². The van der Waals surface area contributed by atoms with Crippen molar-refractivity contribution in [1.29, 1.82) is 0 Å². The number of ether oxygens (including phenoxy) is 1. The Labute approximate surface area is 103 Å². The molecule has 0 spiro atoms. The molecule has 0 aromatic carbocycles. The van der Waals surface area contributed by atoms with Gasteiger partial charge in [-0.2, -0.15) is 0 Å². The minimum atomic E-state index is -0.339. The minimum absolute atomic E-state index is 0.339. The molecule has 0 saturated heterocycles. The number of carbonyl (C=O) groups excluding carboxylic acids is 1. The Morgan fingerprint density at radius 2 is 2.27 bits per heavy atom. The summed E-state index contributed by atoms with van der Waals surface area (Å²) in [5.74, 6) is -0.339. The van der Waals surface area contributed by atoms with Crippen LogP contribution in [0.25, 0.3) is 9.88 Å². The quantitative estimate of drug-likeness (QED) is 0.798. The summed E-state index contributed by atoms with van der Waals surface area (Å²) in [6, 6.07) is 3.92. The predicted molar refractivity (Wildman–Crippen MR) is 64.5 cm³/mol. The average Bonchev–Trinajstić information content (AvgIpc) is 2.84. The number of hydrogen-bond acceptors (Lipinski definition) is 5. The number of hydrogen-bond donors (Lipinski definition) is 0. The van der Waals surface area contributed by atoms with Gasteiger partial charge in [-0.3, -0.25) is 0 Å². The van der Waals surface area contributed by atoms with Crippen LogP contribution in [0, 0.1) is 0 Å². The van der Waals surface area contributed by atoms with Crippen molar-refractivity contribution in [1.82, 2.24) is 4.98 Å². The number of halogens is 1. The van der Waals surface area contributed by atoms with Crippen molar-refractivity contribution in [3.63, 3.8) is 0 Å². The van der Waals surface area contributed by atoms with Crippen LogP contribution in [-0.4, -0.2) is 18.1 Å². The van der Waals surface area contributed by atoms with Crippen LogP contribution < -0.4 is 0 Å². The molecule has 0 atom stereocenters. The maximum Gasteiger partial charge on any atom is 0.349 e. The van der Waals surface area contributed by atoms with E-state index in [1.165, 1.54) is 18.4 Å². The largest absolute Gasteiger partial charge is 0.465 e. The maximum absolute atomic E-state index is 11.2. The van der Waals surface area contributed by atoms with Crippen molar-refractivity contribution in [2.24, 2.45) is 0 Å². The van der Waals surface area contributed by atoms with E-state index in [0.29, 0.717) is 4.88 Å². The topological polar surface area (TPSA) is 39.2 Å². The molecule has 0 saturated carbocycles. The van der Waals surface area contributed by atoms with E-state index < -0.39 is 0 Å². The Kier molecular flexibility index (Phi) is 3.18. The van der Waals surface area contributed by atoms with Gasteiger partial charge in [0.15, 0.2) is 0 Å². The lowest BCUT2D eigenvalue weighted by Gasteiger charge is -1.90. The molecule has 0 unspecified atom stereocenters. The first-order chi connectivity index (χ1) is 7.20. The summed E-state index contributed by atoms with van der Waals surface area (Å²) in [7, 11) is 1.36. The Morgan fingerprint density at radius 1 is 1.47 bits per heavy atom. The molecule has 2 aromatic rings. The molecule has 0 aliphatic heterocycles. The molecular weight excluding hydrogens is 298 g/mol. The highest BCUT2D eigenvalue weighted by atomic mass is 79.9. The van der Waals surface area contributed by atoms with E-state index in [9.17, 15) is 4.79 Å². The third-order valence-electron chi connectivity index (χ3n) is 1.68. The number of methoxy groups -OCH3 is 1. The van der Waals surface area contributed by atoms with Crippen molar-refractivity contribution in [3.05, 3.63) is 27.0 Å².